The summed E-state index contributed by atoms with van der Waals surface area (Å²) in [7, 11) is 5.41. The Morgan fingerprint density at radius 1 is 1.17 bits per heavy atom. The topological polar surface area (TPSA) is 43.2 Å². The number of amides is 1. The number of hydrogen-bond acceptors (Lipinski definition) is 4. The predicted octanol–water partition coefficient (Wildman–Crippen LogP) is 2.80. The normalized spacial score (nSPS) is 17.2. The molecule has 0 aliphatic carbocycles. The molecule has 2 aromatic carbocycles. The fraction of sp³-hybridized carbons (Fsp3) is 0.435. The van der Waals surface area contributed by atoms with Crippen LogP contribution in [0.25, 0.3) is 0 Å². The maximum absolute atomic E-state index is 13.1. The molecule has 0 spiro atoms. The number of nitrogens with zero attached hydrogens (tertiary/aromatic N) is 1. The second-order valence-corrected chi connectivity index (χ2v) is 8.39. The Kier molecular flexibility index (Phi) is 7.45. The Labute approximate surface area is 178 Å². The van der Waals surface area contributed by atoms with Gasteiger partial charge in [-0.05, 0) is 49.4 Å². The largest absolute Gasteiger partial charge is 0.497 e. The number of quaternary nitrogens is 1. The fourth-order valence-electron chi connectivity index (χ4n) is 4.00. The molecule has 0 aromatic heterocycles. The summed E-state index contributed by atoms with van der Waals surface area (Å²) in [4.78, 5) is 17.6. The van der Waals surface area contributed by atoms with Gasteiger partial charge in [0.05, 0.1) is 27.3 Å². The molecule has 2 atom stereocenters. The number of hydrogen-bond donors (Lipinski definition) is 1. The number of likely N-dealkylation sites (tertiary alicyclic amines) is 1. The first kappa shape index (κ1) is 21.5. The molecule has 5 nitrogen and oxygen atoms in total. The maximum Gasteiger partial charge on any atom is 0.278 e. The number of nitrogens with one attached hydrogen (secondary N) is 1. The number of methoxy groups -OCH3 is 2. The molecule has 6 heteroatoms. The highest BCUT2D eigenvalue weighted by molar-refractivity contribution is 7.98. The Morgan fingerprint density at radius 2 is 1.93 bits per heavy atom. The van der Waals surface area contributed by atoms with Gasteiger partial charge in [-0.1, -0.05) is 12.1 Å². The van der Waals surface area contributed by atoms with Crippen LogP contribution in [0.15, 0.2) is 47.4 Å². The Morgan fingerprint density at radius 3 is 2.59 bits per heavy atom. The lowest BCUT2D eigenvalue weighted by Crippen LogP contribution is -3.08. The molecule has 1 aliphatic heterocycles. The summed E-state index contributed by atoms with van der Waals surface area (Å²) in [6.07, 6.45) is 4.03. The van der Waals surface area contributed by atoms with E-state index < -0.39 is 0 Å². The molecule has 1 amide bonds. The zero-order valence-electron chi connectivity index (χ0n) is 17.7. The van der Waals surface area contributed by atoms with Crippen LogP contribution >= 0.6 is 11.8 Å². The van der Waals surface area contributed by atoms with Gasteiger partial charge < -0.3 is 19.3 Å². The van der Waals surface area contributed by atoms with Gasteiger partial charge in [0, 0.05) is 22.6 Å². The smallest absolute Gasteiger partial charge is 0.278 e. The molecule has 1 heterocycles. The van der Waals surface area contributed by atoms with Gasteiger partial charge in [-0.2, -0.15) is 0 Å². The number of likely N-dealkylation sites (N-methyl/N-ethyl adjacent to an activating group) is 1. The van der Waals surface area contributed by atoms with E-state index in [2.05, 4.69) is 37.6 Å². The number of thioether (sulfide) groups is 1. The average molecular weight is 416 g/mol. The molecule has 2 aromatic rings. The van der Waals surface area contributed by atoms with Crippen LogP contribution < -0.4 is 14.4 Å². The maximum atomic E-state index is 13.1. The van der Waals surface area contributed by atoms with Crippen molar-refractivity contribution in [2.75, 3.05) is 40.6 Å². The third-order valence-electron chi connectivity index (χ3n) is 5.49. The molecule has 29 heavy (non-hydrogen) atoms. The van der Waals surface area contributed by atoms with Gasteiger partial charge in [0.25, 0.3) is 5.91 Å². The molecule has 1 fully saturated rings. The standard InChI is InChI=1S/C23H30N2O3S/c1-24(15-17-7-10-19(29-4)11-8-17)16-23(26)25-13-5-6-21(25)20-14-18(27-2)9-12-22(20)28-3/h7-12,14,21H,5-6,13,15-16H2,1-4H3/p+1/t21-/m0/s1. The van der Waals surface area contributed by atoms with E-state index in [1.54, 1.807) is 26.0 Å². The molecular formula is C23H31N2O3S+. The van der Waals surface area contributed by atoms with E-state index >= 15 is 0 Å². The lowest BCUT2D eigenvalue weighted by molar-refractivity contribution is -0.885. The highest BCUT2D eigenvalue weighted by Crippen LogP contribution is 2.38. The van der Waals surface area contributed by atoms with Gasteiger partial charge in [0.1, 0.15) is 18.0 Å². The van der Waals surface area contributed by atoms with Gasteiger partial charge in [-0.25, -0.2) is 0 Å². The van der Waals surface area contributed by atoms with Crippen molar-refractivity contribution in [3.8, 4) is 11.5 Å². The van der Waals surface area contributed by atoms with Crippen LogP contribution in [0, 0.1) is 0 Å². The van der Waals surface area contributed by atoms with Crippen molar-refractivity contribution in [2.24, 2.45) is 0 Å². The number of carbonyl (C=O) groups is 1. The van der Waals surface area contributed by atoms with Gasteiger partial charge in [-0.3, -0.25) is 4.79 Å². The van der Waals surface area contributed by atoms with E-state index in [-0.39, 0.29) is 11.9 Å². The molecule has 3 rings (SSSR count). The lowest BCUT2D eigenvalue weighted by Gasteiger charge is -2.27. The zero-order chi connectivity index (χ0) is 20.8. The van der Waals surface area contributed by atoms with Crippen LogP contribution in [0.2, 0.25) is 0 Å². The van der Waals surface area contributed by atoms with Crippen molar-refractivity contribution in [3.63, 3.8) is 0 Å². The molecule has 0 saturated carbocycles. The Hall–Kier alpha value is -2.18. The minimum atomic E-state index is 0.0428. The summed E-state index contributed by atoms with van der Waals surface area (Å²) in [6.45, 7) is 2.11. The number of rotatable bonds is 8. The summed E-state index contributed by atoms with van der Waals surface area (Å²) in [6, 6.07) is 14.4. The van der Waals surface area contributed by atoms with Crippen molar-refractivity contribution in [2.45, 2.75) is 30.3 Å². The molecule has 0 bridgehead atoms. The first-order valence-electron chi connectivity index (χ1n) is 10.0. The third-order valence-corrected chi connectivity index (χ3v) is 6.23. The monoisotopic (exact) mass is 415 g/mol. The number of ether oxygens (including phenoxy) is 2. The summed E-state index contributed by atoms with van der Waals surface area (Å²) in [5.41, 5.74) is 2.28. The Bertz CT molecular complexity index is 825. The van der Waals surface area contributed by atoms with E-state index in [4.69, 9.17) is 9.47 Å². The van der Waals surface area contributed by atoms with E-state index in [1.165, 1.54) is 15.4 Å². The average Bonchev–Trinajstić information content (AvgIpc) is 3.23. The summed E-state index contributed by atoms with van der Waals surface area (Å²) in [5.74, 6) is 1.79. The molecule has 0 radical (unpaired) electrons. The molecule has 1 aliphatic rings. The highest BCUT2D eigenvalue weighted by Gasteiger charge is 2.33. The second kappa shape index (κ2) is 10.0. The van der Waals surface area contributed by atoms with Crippen LogP contribution in [-0.2, 0) is 11.3 Å². The lowest BCUT2D eigenvalue weighted by atomic mass is 10.0. The predicted molar refractivity (Wildman–Crippen MR) is 117 cm³/mol. The van der Waals surface area contributed by atoms with E-state index in [1.807, 2.05) is 23.1 Å². The Balaban J connectivity index is 1.68. The van der Waals surface area contributed by atoms with Gasteiger partial charge in [-0.15, -0.1) is 11.8 Å². The van der Waals surface area contributed by atoms with E-state index in [0.29, 0.717) is 6.54 Å². The molecule has 1 N–H and O–H groups in total. The van der Waals surface area contributed by atoms with Crippen molar-refractivity contribution in [3.05, 3.63) is 53.6 Å². The van der Waals surface area contributed by atoms with Gasteiger partial charge in [0.2, 0.25) is 0 Å². The minimum Gasteiger partial charge on any atom is -0.497 e. The second-order valence-electron chi connectivity index (χ2n) is 7.51. The van der Waals surface area contributed by atoms with Gasteiger partial charge >= 0.3 is 0 Å². The fourth-order valence-corrected chi connectivity index (χ4v) is 4.41. The quantitative estimate of drug-likeness (QED) is 0.674. The van der Waals surface area contributed by atoms with Crippen LogP contribution in [0.3, 0.4) is 0 Å². The summed E-state index contributed by atoms with van der Waals surface area (Å²) >= 11 is 1.74. The molecular weight excluding hydrogens is 384 g/mol. The SMILES string of the molecule is COc1ccc(OC)c([C@@H]2CCCN2C(=O)C[NH+](C)Cc2ccc(SC)cc2)c1. The van der Waals surface area contributed by atoms with Crippen LogP contribution in [0.5, 0.6) is 11.5 Å². The molecule has 156 valence electrons. The highest BCUT2D eigenvalue weighted by atomic mass is 32.2. The summed E-state index contributed by atoms with van der Waals surface area (Å²) in [5, 5.41) is 0. The van der Waals surface area contributed by atoms with E-state index in [9.17, 15) is 4.79 Å². The first-order chi connectivity index (χ1) is 14.0. The van der Waals surface area contributed by atoms with Gasteiger partial charge in [0.15, 0.2) is 6.54 Å². The third kappa shape index (κ3) is 5.25. The molecule has 1 unspecified atom stereocenters. The van der Waals surface area contributed by atoms with Crippen LogP contribution in [0.4, 0.5) is 0 Å². The summed E-state index contributed by atoms with van der Waals surface area (Å²) < 4.78 is 11.0. The van der Waals surface area contributed by atoms with Crippen molar-refractivity contribution < 1.29 is 19.2 Å². The van der Waals surface area contributed by atoms with Crippen molar-refractivity contribution in [1.82, 2.24) is 4.90 Å². The zero-order valence-corrected chi connectivity index (χ0v) is 18.6. The number of benzene rings is 2. The van der Waals surface area contributed by atoms with E-state index in [0.717, 1.165) is 43.0 Å². The molecule has 1 saturated heterocycles. The van der Waals surface area contributed by atoms with Crippen molar-refractivity contribution >= 4 is 17.7 Å². The number of carbonyl (C=O) groups excluding carboxylic acids is 1. The van der Waals surface area contributed by atoms with Crippen LogP contribution in [0.1, 0.15) is 30.0 Å². The minimum absolute atomic E-state index is 0.0428. The van der Waals surface area contributed by atoms with Crippen LogP contribution in [-0.4, -0.2) is 51.4 Å². The first-order valence-corrected chi connectivity index (χ1v) is 11.2. The van der Waals surface area contributed by atoms with Crippen molar-refractivity contribution in [1.29, 1.82) is 0 Å².